The minimum Gasteiger partial charge on any atom is -0.391 e. The van der Waals surface area contributed by atoms with Crippen molar-refractivity contribution in [3.8, 4) is 0 Å². The van der Waals surface area contributed by atoms with E-state index in [0.717, 1.165) is 39.1 Å². The summed E-state index contributed by atoms with van der Waals surface area (Å²) in [7, 11) is 0. The highest BCUT2D eigenvalue weighted by Gasteiger charge is 2.34. The highest BCUT2D eigenvalue weighted by Crippen LogP contribution is 2.25. The van der Waals surface area contributed by atoms with Crippen LogP contribution in [0.1, 0.15) is 18.4 Å². The molecule has 1 aromatic carbocycles. The molecule has 0 saturated carbocycles. The van der Waals surface area contributed by atoms with Crippen LogP contribution in [0.5, 0.6) is 0 Å². The summed E-state index contributed by atoms with van der Waals surface area (Å²) in [6, 6.07) is 10.8. The maximum absolute atomic E-state index is 10.2. The quantitative estimate of drug-likeness (QED) is 0.895. The molecule has 1 unspecified atom stereocenters. The summed E-state index contributed by atoms with van der Waals surface area (Å²) < 4.78 is 5.46. The standard InChI is InChI=1S/C16H23NO2/c18-16-6-8-17(11-14-7-9-19-12-14)15(16)10-13-4-2-1-3-5-13/h1-5,14-16,18H,6-12H2/t14?,15-,16-/m1/s1. The van der Waals surface area contributed by atoms with Crippen LogP contribution in [0.3, 0.4) is 0 Å². The monoisotopic (exact) mass is 261 g/mol. The zero-order valence-electron chi connectivity index (χ0n) is 11.4. The lowest BCUT2D eigenvalue weighted by molar-refractivity contribution is 0.103. The molecule has 3 atom stereocenters. The van der Waals surface area contributed by atoms with Gasteiger partial charge in [-0.25, -0.2) is 0 Å². The molecule has 104 valence electrons. The topological polar surface area (TPSA) is 32.7 Å². The van der Waals surface area contributed by atoms with E-state index >= 15 is 0 Å². The van der Waals surface area contributed by atoms with Crippen molar-refractivity contribution in [2.24, 2.45) is 5.92 Å². The Morgan fingerprint density at radius 3 is 2.79 bits per heavy atom. The Morgan fingerprint density at radius 1 is 1.21 bits per heavy atom. The van der Waals surface area contributed by atoms with Crippen LogP contribution in [0.25, 0.3) is 0 Å². The van der Waals surface area contributed by atoms with E-state index < -0.39 is 0 Å². The number of nitrogens with zero attached hydrogens (tertiary/aromatic N) is 1. The van der Waals surface area contributed by atoms with Crippen LogP contribution in [-0.4, -0.2) is 48.5 Å². The van der Waals surface area contributed by atoms with Crippen LogP contribution >= 0.6 is 0 Å². The Kier molecular flexibility index (Phi) is 4.16. The van der Waals surface area contributed by atoms with Gasteiger partial charge in [0.05, 0.1) is 12.7 Å². The minimum atomic E-state index is -0.178. The molecular formula is C16H23NO2. The Labute approximate surface area is 115 Å². The smallest absolute Gasteiger partial charge is 0.0710 e. The van der Waals surface area contributed by atoms with Gasteiger partial charge in [-0.1, -0.05) is 30.3 Å². The van der Waals surface area contributed by atoms with Gasteiger partial charge in [-0.05, 0) is 30.7 Å². The Balaban J connectivity index is 1.63. The second kappa shape index (κ2) is 6.04. The fourth-order valence-electron chi connectivity index (χ4n) is 3.31. The van der Waals surface area contributed by atoms with Gasteiger partial charge in [0.15, 0.2) is 0 Å². The summed E-state index contributed by atoms with van der Waals surface area (Å²) in [6.07, 6.45) is 2.85. The van der Waals surface area contributed by atoms with Gasteiger partial charge in [-0.3, -0.25) is 4.90 Å². The summed E-state index contributed by atoms with van der Waals surface area (Å²) in [6.45, 7) is 3.90. The van der Waals surface area contributed by atoms with Crippen LogP contribution in [-0.2, 0) is 11.2 Å². The lowest BCUT2D eigenvalue weighted by Crippen LogP contribution is -2.40. The molecule has 2 heterocycles. The van der Waals surface area contributed by atoms with Gasteiger partial charge >= 0.3 is 0 Å². The van der Waals surface area contributed by atoms with E-state index in [0.29, 0.717) is 5.92 Å². The molecule has 3 nitrogen and oxygen atoms in total. The Hall–Kier alpha value is -0.900. The summed E-state index contributed by atoms with van der Waals surface area (Å²) in [5, 5.41) is 10.2. The third kappa shape index (κ3) is 3.16. The Morgan fingerprint density at radius 2 is 2.05 bits per heavy atom. The van der Waals surface area contributed by atoms with E-state index in [1.54, 1.807) is 0 Å². The molecule has 3 heteroatoms. The molecule has 1 N–H and O–H groups in total. The average molecular weight is 261 g/mol. The molecule has 0 spiro atoms. The summed E-state index contributed by atoms with van der Waals surface area (Å²) in [5.74, 6) is 0.656. The first kappa shape index (κ1) is 13.1. The van der Waals surface area contributed by atoms with Gasteiger partial charge in [0.25, 0.3) is 0 Å². The molecule has 2 fully saturated rings. The summed E-state index contributed by atoms with van der Waals surface area (Å²) >= 11 is 0. The molecule has 0 aliphatic carbocycles. The maximum atomic E-state index is 10.2. The van der Waals surface area contributed by atoms with Crippen molar-refractivity contribution < 1.29 is 9.84 Å². The van der Waals surface area contributed by atoms with Crippen LogP contribution in [0.15, 0.2) is 30.3 Å². The van der Waals surface area contributed by atoms with E-state index in [2.05, 4.69) is 29.2 Å². The summed E-state index contributed by atoms with van der Waals surface area (Å²) in [4.78, 5) is 2.47. The van der Waals surface area contributed by atoms with E-state index in [-0.39, 0.29) is 12.1 Å². The molecule has 2 saturated heterocycles. The third-order valence-corrected chi connectivity index (χ3v) is 4.43. The van der Waals surface area contributed by atoms with Crippen molar-refractivity contribution >= 4 is 0 Å². The number of rotatable bonds is 4. The number of likely N-dealkylation sites (tertiary alicyclic amines) is 1. The lowest BCUT2D eigenvalue weighted by Gasteiger charge is -2.28. The predicted octanol–water partition coefficient (Wildman–Crippen LogP) is 1.70. The molecular weight excluding hydrogens is 238 g/mol. The largest absolute Gasteiger partial charge is 0.391 e. The van der Waals surface area contributed by atoms with Crippen LogP contribution < -0.4 is 0 Å². The van der Waals surface area contributed by atoms with Gasteiger partial charge < -0.3 is 9.84 Å². The molecule has 0 bridgehead atoms. The molecule has 0 aromatic heterocycles. The second-order valence-electron chi connectivity index (χ2n) is 5.84. The van der Waals surface area contributed by atoms with Crippen molar-refractivity contribution in [2.75, 3.05) is 26.3 Å². The molecule has 2 aliphatic heterocycles. The number of hydrogen-bond acceptors (Lipinski definition) is 3. The summed E-state index contributed by atoms with van der Waals surface area (Å²) in [5.41, 5.74) is 1.32. The normalized spacial score (nSPS) is 31.9. The molecule has 0 radical (unpaired) electrons. The number of aliphatic hydroxyl groups excluding tert-OH is 1. The van der Waals surface area contributed by atoms with Gasteiger partial charge in [-0.15, -0.1) is 0 Å². The number of hydrogen-bond donors (Lipinski definition) is 1. The van der Waals surface area contributed by atoms with Gasteiger partial charge in [0, 0.05) is 25.7 Å². The first-order valence-corrected chi connectivity index (χ1v) is 7.37. The SMILES string of the molecule is O[C@@H]1CCN(CC2CCOC2)[C@@H]1Cc1ccccc1. The van der Waals surface area contributed by atoms with Crippen molar-refractivity contribution in [3.63, 3.8) is 0 Å². The Bertz CT molecular complexity index is 389. The van der Waals surface area contributed by atoms with Crippen LogP contribution in [0.2, 0.25) is 0 Å². The first-order chi connectivity index (χ1) is 9.33. The predicted molar refractivity (Wildman–Crippen MR) is 75.1 cm³/mol. The molecule has 1 aromatic rings. The van der Waals surface area contributed by atoms with Crippen molar-refractivity contribution in [3.05, 3.63) is 35.9 Å². The van der Waals surface area contributed by atoms with Crippen molar-refractivity contribution in [1.29, 1.82) is 0 Å². The van der Waals surface area contributed by atoms with E-state index in [1.165, 1.54) is 12.0 Å². The van der Waals surface area contributed by atoms with E-state index in [9.17, 15) is 5.11 Å². The average Bonchev–Trinajstić information content (AvgIpc) is 3.05. The molecule has 0 amide bonds. The fourth-order valence-corrected chi connectivity index (χ4v) is 3.31. The molecule has 2 aliphatic rings. The number of ether oxygens (including phenoxy) is 1. The van der Waals surface area contributed by atoms with Crippen molar-refractivity contribution in [1.82, 2.24) is 4.90 Å². The first-order valence-electron chi connectivity index (χ1n) is 7.37. The number of aliphatic hydroxyl groups is 1. The fraction of sp³-hybridized carbons (Fsp3) is 0.625. The zero-order chi connectivity index (χ0) is 13.1. The maximum Gasteiger partial charge on any atom is 0.0710 e. The highest BCUT2D eigenvalue weighted by atomic mass is 16.5. The second-order valence-corrected chi connectivity index (χ2v) is 5.84. The van der Waals surface area contributed by atoms with Gasteiger partial charge in [0.1, 0.15) is 0 Å². The minimum absolute atomic E-state index is 0.178. The van der Waals surface area contributed by atoms with E-state index in [1.807, 2.05) is 6.07 Å². The third-order valence-electron chi connectivity index (χ3n) is 4.43. The van der Waals surface area contributed by atoms with Crippen LogP contribution in [0.4, 0.5) is 0 Å². The van der Waals surface area contributed by atoms with Crippen LogP contribution in [0, 0.1) is 5.92 Å². The molecule has 19 heavy (non-hydrogen) atoms. The number of benzene rings is 1. The zero-order valence-corrected chi connectivity index (χ0v) is 11.4. The van der Waals surface area contributed by atoms with Gasteiger partial charge in [0.2, 0.25) is 0 Å². The van der Waals surface area contributed by atoms with Gasteiger partial charge in [-0.2, -0.15) is 0 Å². The van der Waals surface area contributed by atoms with E-state index in [4.69, 9.17) is 4.74 Å². The van der Waals surface area contributed by atoms with Crippen molar-refractivity contribution in [2.45, 2.75) is 31.4 Å². The highest BCUT2D eigenvalue weighted by molar-refractivity contribution is 5.17. The lowest BCUT2D eigenvalue weighted by atomic mass is 10.0. The molecule has 3 rings (SSSR count).